The van der Waals surface area contributed by atoms with Crippen molar-refractivity contribution in [3.63, 3.8) is 0 Å². The molecule has 0 fully saturated rings. The second-order valence-corrected chi connectivity index (χ2v) is 4.51. The van der Waals surface area contributed by atoms with Crippen molar-refractivity contribution < 1.29 is 4.39 Å². The summed E-state index contributed by atoms with van der Waals surface area (Å²) in [5.74, 6) is -0.220. The van der Waals surface area contributed by atoms with Gasteiger partial charge in [0.05, 0.1) is 6.33 Å². The fourth-order valence-electron chi connectivity index (χ4n) is 1.95. The number of aromatic nitrogens is 4. The van der Waals surface area contributed by atoms with Gasteiger partial charge in [-0.15, -0.1) is 0 Å². The SMILES string of the molecule is Cn1cnc(-c2cc(Cc3ccc(F)cc3)[nH]n2)c1. The minimum atomic E-state index is -0.220. The molecule has 4 nitrogen and oxygen atoms in total. The Morgan fingerprint density at radius 3 is 2.68 bits per heavy atom. The number of H-pyrrole nitrogens is 1. The molecule has 1 aromatic carbocycles. The van der Waals surface area contributed by atoms with E-state index in [4.69, 9.17) is 0 Å². The maximum atomic E-state index is 12.8. The lowest BCUT2D eigenvalue weighted by Gasteiger charge is -1.97. The molecule has 0 unspecified atom stereocenters. The molecule has 1 N–H and O–H groups in total. The molecule has 0 saturated heterocycles. The normalized spacial score (nSPS) is 10.8. The number of nitrogens with zero attached hydrogens (tertiary/aromatic N) is 3. The molecule has 3 rings (SSSR count). The Morgan fingerprint density at radius 1 is 1.21 bits per heavy atom. The molecule has 0 bridgehead atoms. The quantitative estimate of drug-likeness (QED) is 0.782. The van der Waals surface area contributed by atoms with E-state index in [2.05, 4.69) is 15.2 Å². The average Bonchev–Trinajstić information content (AvgIpc) is 3.01. The first-order chi connectivity index (χ1) is 9.20. The Morgan fingerprint density at radius 2 is 2.00 bits per heavy atom. The van der Waals surface area contributed by atoms with Crippen LogP contribution in [0.1, 0.15) is 11.3 Å². The largest absolute Gasteiger partial charge is 0.340 e. The van der Waals surface area contributed by atoms with Crippen LogP contribution in [-0.4, -0.2) is 19.7 Å². The average molecular weight is 256 g/mol. The number of rotatable bonds is 3. The molecule has 0 atom stereocenters. The summed E-state index contributed by atoms with van der Waals surface area (Å²) < 4.78 is 14.7. The van der Waals surface area contributed by atoms with Gasteiger partial charge in [-0.3, -0.25) is 5.10 Å². The van der Waals surface area contributed by atoms with Crippen LogP contribution in [0.4, 0.5) is 4.39 Å². The van der Waals surface area contributed by atoms with Crippen LogP contribution in [0.5, 0.6) is 0 Å². The molecule has 2 aromatic heterocycles. The summed E-state index contributed by atoms with van der Waals surface area (Å²) in [6.07, 6.45) is 4.35. The Kier molecular flexibility index (Phi) is 2.87. The summed E-state index contributed by atoms with van der Waals surface area (Å²) in [4.78, 5) is 4.25. The fraction of sp³-hybridized carbons (Fsp3) is 0.143. The van der Waals surface area contributed by atoms with Gasteiger partial charge in [-0.2, -0.15) is 5.10 Å². The topological polar surface area (TPSA) is 46.5 Å². The first-order valence-electron chi connectivity index (χ1n) is 5.98. The Bertz CT molecular complexity index is 682. The third-order valence-corrected chi connectivity index (χ3v) is 2.91. The van der Waals surface area contributed by atoms with Crippen molar-refractivity contribution in [2.75, 3.05) is 0 Å². The summed E-state index contributed by atoms with van der Waals surface area (Å²) in [6.45, 7) is 0. The van der Waals surface area contributed by atoms with Gasteiger partial charge in [-0.25, -0.2) is 9.37 Å². The Hall–Kier alpha value is -2.43. The van der Waals surface area contributed by atoms with Gasteiger partial charge in [-0.1, -0.05) is 12.1 Å². The highest BCUT2D eigenvalue weighted by Crippen LogP contribution is 2.16. The van der Waals surface area contributed by atoms with Crippen molar-refractivity contribution in [1.82, 2.24) is 19.7 Å². The molecule has 0 aliphatic heterocycles. The van der Waals surface area contributed by atoms with Crippen molar-refractivity contribution in [2.45, 2.75) is 6.42 Å². The van der Waals surface area contributed by atoms with E-state index in [0.717, 1.165) is 22.6 Å². The summed E-state index contributed by atoms with van der Waals surface area (Å²) in [5, 5.41) is 7.22. The molecule has 5 heteroatoms. The molecular weight excluding hydrogens is 243 g/mol. The molecule has 0 aliphatic carbocycles. The van der Waals surface area contributed by atoms with E-state index < -0.39 is 0 Å². The van der Waals surface area contributed by atoms with Gasteiger partial charge in [0.2, 0.25) is 0 Å². The van der Waals surface area contributed by atoms with Gasteiger partial charge in [0.25, 0.3) is 0 Å². The number of aryl methyl sites for hydroxylation is 1. The molecule has 96 valence electrons. The van der Waals surface area contributed by atoms with Crippen LogP contribution in [0.25, 0.3) is 11.4 Å². The van der Waals surface area contributed by atoms with Crippen molar-refractivity contribution in [2.24, 2.45) is 7.05 Å². The van der Waals surface area contributed by atoms with E-state index in [0.29, 0.717) is 6.42 Å². The molecule has 0 aliphatic rings. The second kappa shape index (κ2) is 4.68. The highest BCUT2D eigenvalue weighted by atomic mass is 19.1. The molecular formula is C14H13FN4. The van der Waals surface area contributed by atoms with Crippen molar-refractivity contribution in [1.29, 1.82) is 0 Å². The zero-order valence-corrected chi connectivity index (χ0v) is 10.5. The van der Waals surface area contributed by atoms with Crippen LogP contribution < -0.4 is 0 Å². The maximum Gasteiger partial charge on any atom is 0.123 e. The van der Waals surface area contributed by atoms with E-state index in [-0.39, 0.29) is 5.82 Å². The molecule has 0 spiro atoms. The van der Waals surface area contributed by atoms with Gasteiger partial charge < -0.3 is 4.57 Å². The third kappa shape index (κ3) is 2.54. The molecule has 2 heterocycles. The van der Waals surface area contributed by atoms with Crippen molar-refractivity contribution in [3.8, 4) is 11.4 Å². The second-order valence-electron chi connectivity index (χ2n) is 4.51. The summed E-state index contributed by atoms with van der Waals surface area (Å²) in [7, 11) is 1.92. The number of hydrogen-bond acceptors (Lipinski definition) is 2. The van der Waals surface area contributed by atoms with E-state index >= 15 is 0 Å². The van der Waals surface area contributed by atoms with Gasteiger partial charge in [-0.05, 0) is 23.8 Å². The predicted molar refractivity (Wildman–Crippen MR) is 70.0 cm³/mol. The van der Waals surface area contributed by atoms with Gasteiger partial charge in [0.1, 0.15) is 17.2 Å². The summed E-state index contributed by atoms with van der Waals surface area (Å²) in [6, 6.07) is 8.44. The van der Waals surface area contributed by atoms with E-state index in [1.807, 2.05) is 23.9 Å². The number of benzene rings is 1. The van der Waals surface area contributed by atoms with E-state index in [1.54, 1.807) is 18.5 Å². The first-order valence-corrected chi connectivity index (χ1v) is 5.98. The van der Waals surface area contributed by atoms with Crippen LogP contribution in [0.15, 0.2) is 42.9 Å². The summed E-state index contributed by atoms with van der Waals surface area (Å²) >= 11 is 0. The van der Waals surface area contributed by atoms with Crippen molar-refractivity contribution in [3.05, 3.63) is 59.9 Å². The Balaban J connectivity index is 1.80. The zero-order chi connectivity index (χ0) is 13.2. The first kappa shape index (κ1) is 11.6. The molecule has 0 saturated carbocycles. The standard InChI is InChI=1S/C14H13FN4/c1-19-8-14(16-9-19)13-7-12(17-18-13)6-10-2-4-11(15)5-3-10/h2-5,7-9H,6H2,1H3,(H,17,18). The minimum Gasteiger partial charge on any atom is -0.340 e. The highest BCUT2D eigenvalue weighted by Gasteiger charge is 2.07. The Labute approximate surface area is 109 Å². The predicted octanol–water partition coefficient (Wildman–Crippen LogP) is 2.54. The van der Waals surface area contributed by atoms with E-state index in [9.17, 15) is 4.39 Å². The highest BCUT2D eigenvalue weighted by molar-refractivity contribution is 5.53. The van der Waals surface area contributed by atoms with Crippen LogP contribution in [-0.2, 0) is 13.5 Å². The molecule has 0 radical (unpaired) electrons. The lowest BCUT2D eigenvalue weighted by molar-refractivity contribution is 0.627. The minimum absolute atomic E-state index is 0.220. The smallest absolute Gasteiger partial charge is 0.123 e. The molecule has 19 heavy (non-hydrogen) atoms. The molecule has 0 amide bonds. The number of nitrogens with one attached hydrogen (secondary N) is 1. The lowest BCUT2D eigenvalue weighted by atomic mass is 10.1. The number of aromatic amines is 1. The molecule has 3 aromatic rings. The lowest BCUT2D eigenvalue weighted by Crippen LogP contribution is -1.88. The van der Waals surface area contributed by atoms with E-state index in [1.165, 1.54) is 12.1 Å². The van der Waals surface area contributed by atoms with Crippen LogP contribution in [0.2, 0.25) is 0 Å². The number of hydrogen-bond donors (Lipinski definition) is 1. The zero-order valence-electron chi connectivity index (χ0n) is 10.5. The van der Waals surface area contributed by atoms with Crippen LogP contribution in [0, 0.1) is 5.82 Å². The van der Waals surface area contributed by atoms with Gasteiger partial charge in [0.15, 0.2) is 0 Å². The van der Waals surface area contributed by atoms with Gasteiger partial charge in [0, 0.05) is 25.4 Å². The monoisotopic (exact) mass is 256 g/mol. The van der Waals surface area contributed by atoms with Crippen molar-refractivity contribution >= 4 is 0 Å². The maximum absolute atomic E-state index is 12.8. The van der Waals surface area contributed by atoms with Crippen LogP contribution >= 0.6 is 0 Å². The van der Waals surface area contributed by atoms with Gasteiger partial charge >= 0.3 is 0 Å². The number of imidazole rings is 1. The fourth-order valence-corrected chi connectivity index (χ4v) is 1.95. The summed E-state index contributed by atoms with van der Waals surface area (Å²) in [5.41, 5.74) is 3.67. The third-order valence-electron chi connectivity index (χ3n) is 2.91. The number of halogens is 1. The van der Waals surface area contributed by atoms with Crippen LogP contribution in [0.3, 0.4) is 0 Å².